The van der Waals surface area contributed by atoms with E-state index in [0.29, 0.717) is 18.0 Å². The molecule has 0 aliphatic heterocycles. The Hall–Kier alpha value is -1.81. The standard InChI is InChI=1S/C13H14ClN3O/c1-17-7-6-15-12(17)9-16-13(18)11-4-2-10(8-14)3-5-11/h2-7H,8-9H2,1H3,(H,16,18). The largest absolute Gasteiger partial charge is 0.345 e. The van der Waals surface area contributed by atoms with E-state index in [1.807, 2.05) is 29.9 Å². The van der Waals surface area contributed by atoms with Crippen LogP contribution in [0.1, 0.15) is 21.7 Å². The molecule has 0 saturated carbocycles. The van der Waals surface area contributed by atoms with Crippen LogP contribution >= 0.6 is 11.6 Å². The smallest absolute Gasteiger partial charge is 0.251 e. The Morgan fingerprint density at radius 1 is 1.39 bits per heavy atom. The van der Waals surface area contributed by atoms with Gasteiger partial charge in [0.2, 0.25) is 0 Å². The van der Waals surface area contributed by atoms with Crippen molar-refractivity contribution in [1.82, 2.24) is 14.9 Å². The molecule has 0 saturated heterocycles. The van der Waals surface area contributed by atoms with Crippen LogP contribution in [0.25, 0.3) is 0 Å². The summed E-state index contributed by atoms with van der Waals surface area (Å²) in [6.45, 7) is 0.416. The Labute approximate surface area is 111 Å². The highest BCUT2D eigenvalue weighted by Crippen LogP contribution is 2.07. The van der Waals surface area contributed by atoms with Crippen molar-refractivity contribution in [3.8, 4) is 0 Å². The summed E-state index contributed by atoms with van der Waals surface area (Å²) in [7, 11) is 1.89. The van der Waals surface area contributed by atoms with E-state index < -0.39 is 0 Å². The van der Waals surface area contributed by atoms with E-state index in [4.69, 9.17) is 11.6 Å². The van der Waals surface area contributed by atoms with E-state index in [1.54, 1.807) is 18.3 Å². The zero-order valence-electron chi connectivity index (χ0n) is 10.1. The Kier molecular flexibility index (Phi) is 3.99. The topological polar surface area (TPSA) is 46.9 Å². The highest BCUT2D eigenvalue weighted by Gasteiger charge is 2.06. The average molecular weight is 264 g/mol. The number of rotatable bonds is 4. The summed E-state index contributed by atoms with van der Waals surface area (Å²) >= 11 is 5.69. The molecule has 18 heavy (non-hydrogen) atoms. The number of benzene rings is 1. The molecule has 1 N–H and O–H groups in total. The van der Waals surface area contributed by atoms with Gasteiger partial charge in [-0.05, 0) is 17.7 Å². The predicted octanol–water partition coefficient (Wildman–Crippen LogP) is 2.09. The summed E-state index contributed by atoms with van der Waals surface area (Å²) in [4.78, 5) is 16.0. The Morgan fingerprint density at radius 2 is 2.11 bits per heavy atom. The number of halogens is 1. The first-order valence-electron chi connectivity index (χ1n) is 5.60. The molecule has 2 aromatic rings. The maximum atomic E-state index is 11.9. The Bertz CT molecular complexity index is 533. The van der Waals surface area contributed by atoms with Crippen molar-refractivity contribution >= 4 is 17.5 Å². The SMILES string of the molecule is Cn1ccnc1CNC(=O)c1ccc(CCl)cc1. The zero-order chi connectivity index (χ0) is 13.0. The maximum absolute atomic E-state index is 11.9. The predicted molar refractivity (Wildman–Crippen MR) is 70.4 cm³/mol. The van der Waals surface area contributed by atoms with Gasteiger partial charge in [-0.15, -0.1) is 11.6 Å². The van der Waals surface area contributed by atoms with Crippen LogP contribution in [-0.2, 0) is 19.5 Å². The van der Waals surface area contributed by atoms with Crippen LogP contribution in [0.2, 0.25) is 0 Å². The minimum Gasteiger partial charge on any atom is -0.345 e. The molecule has 0 atom stereocenters. The first-order valence-corrected chi connectivity index (χ1v) is 6.13. The van der Waals surface area contributed by atoms with Gasteiger partial charge >= 0.3 is 0 Å². The second kappa shape index (κ2) is 5.69. The first kappa shape index (κ1) is 12.6. The fourth-order valence-electron chi connectivity index (χ4n) is 1.57. The monoisotopic (exact) mass is 263 g/mol. The third kappa shape index (κ3) is 2.90. The molecule has 5 heteroatoms. The molecule has 0 aliphatic rings. The molecule has 0 bridgehead atoms. The molecular formula is C13H14ClN3O. The fourth-order valence-corrected chi connectivity index (χ4v) is 1.75. The molecule has 0 aliphatic carbocycles. The van der Waals surface area contributed by atoms with Crippen LogP contribution in [0.15, 0.2) is 36.7 Å². The highest BCUT2D eigenvalue weighted by atomic mass is 35.5. The number of carbonyl (C=O) groups excluding carboxylic acids is 1. The van der Waals surface area contributed by atoms with Gasteiger partial charge in [0.25, 0.3) is 5.91 Å². The van der Waals surface area contributed by atoms with Crippen LogP contribution in [-0.4, -0.2) is 15.5 Å². The highest BCUT2D eigenvalue weighted by molar-refractivity contribution is 6.17. The molecule has 1 aromatic heterocycles. The Morgan fingerprint density at radius 3 is 2.67 bits per heavy atom. The lowest BCUT2D eigenvalue weighted by Crippen LogP contribution is -2.24. The first-order chi connectivity index (χ1) is 8.70. The lowest BCUT2D eigenvalue weighted by molar-refractivity contribution is 0.0949. The molecule has 1 amide bonds. The number of aryl methyl sites for hydroxylation is 1. The number of hydrogen-bond acceptors (Lipinski definition) is 2. The van der Waals surface area contributed by atoms with E-state index in [9.17, 15) is 4.79 Å². The van der Waals surface area contributed by atoms with Crippen LogP contribution in [0.4, 0.5) is 0 Å². The van der Waals surface area contributed by atoms with Crippen molar-refractivity contribution in [1.29, 1.82) is 0 Å². The number of alkyl halides is 1. The van der Waals surface area contributed by atoms with E-state index in [1.165, 1.54) is 0 Å². The van der Waals surface area contributed by atoms with E-state index in [2.05, 4.69) is 10.3 Å². The van der Waals surface area contributed by atoms with Gasteiger partial charge in [0.05, 0.1) is 6.54 Å². The van der Waals surface area contributed by atoms with Crippen molar-refractivity contribution in [2.75, 3.05) is 0 Å². The molecule has 2 rings (SSSR count). The molecule has 0 spiro atoms. The normalized spacial score (nSPS) is 10.3. The quantitative estimate of drug-likeness (QED) is 0.859. The minimum absolute atomic E-state index is 0.112. The van der Waals surface area contributed by atoms with Crippen molar-refractivity contribution in [3.63, 3.8) is 0 Å². The molecule has 4 nitrogen and oxygen atoms in total. The van der Waals surface area contributed by atoms with Gasteiger partial charge < -0.3 is 9.88 Å². The van der Waals surface area contributed by atoms with Crippen LogP contribution in [0.5, 0.6) is 0 Å². The maximum Gasteiger partial charge on any atom is 0.251 e. The molecule has 94 valence electrons. The third-order valence-corrected chi connectivity index (χ3v) is 3.01. The van der Waals surface area contributed by atoms with Crippen LogP contribution in [0.3, 0.4) is 0 Å². The van der Waals surface area contributed by atoms with Gasteiger partial charge in [0.15, 0.2) is 0 Å². The summed E-state index contributed by atoms with van der Waals surface area (Å²) in [5, 5.41) is 2.82. The number of amides is 1. The number of hydrogen-bond donors (Lipinski definition) is 1. The summed E-state index contributed by atoms with van der Waals surface area (Å²) in [6, 6.07) is 7.24. The molecule has 0 fully saturated rings. The summed E-state index contributed by atoms with van der Waals surface area (Å²) < 4.78 is 1.87. The number of nitrogens with zero attached hydrogens (tertiary/aromatic N) is 2. The molecule has 0 radical (unpaired) electrons. The number of nitrogens with one attached hydrogen (secondary N) is 1. The average Bonchev–Trinajstić information content (AvgIpc) is 2.81. The Balaban J connectivity index is 1.97. The van der Waals surface area contributed by atoms with Crippen molar-refractivity contribution in [2.45, 2.75) is 12.4 Å². The lowest BCUT2D eigenvalue weighted by Gasteiger charge is -2.05. The summed E-state index contributed by atoms with van der Waals surface area (Å²) in [5.41, 5.74) is 1.62. The van der Waals surface area contributed by atoms with Gasteiger partial charge in [-0.2, -0.15) is 0 Å². The van der Waals surface area contributed by atoms with Gasteiger partial charge in [-0.25, -0.2) is 4.98 Å². The van der Waals surface area contributed by atoms with Gasteiger partial charge in [0.1, 0.15) is 5.82 Å². The number of aromatic nitrogens is 2. The lowest BCUT2D eigenvalue weighted by atomic mass is 10.1. The van der Waals surface area contributed by atoms with Crippen molar-refractivity contribution < 1.29 is 4.79 Å². The molecular weight excluding hydrogens is 250 g/mol. The fraction of sp³-hybridized carbons (Fsp3) is 0.231. The molecule has 1 aromatic carbocycles. The second-order valence-electron chi connectivity index (χ2n) is 3.97. The van der Waals surface area contributed by atoms with Gasteiger partial charge in [-0.1, -0.05) is 12.1 Å². The minimum atomic E-state index is -0.112. The van der Waals surface area contributed by atoms with Gasteiger partial charge in [0, 0.05) is 30.9 Å². The van der Waals surface area contributed by atoms with Crippen molar-refractivity contribution in [2.24, 2.45) is 7.05 Å². The summed E-state index contributed by atoms with van der Waals surface area (Å²) in [6.07, 6.45) is 3.55. The van der Waals surface area contributed by atoms with Crippen molar-refractivity contribution in [3.05, 3.63) is 53.6 Å². The van der Waals surface area contributed by atoms with E-state index in [-0.39, 0.29) is 5.91 Å². The zero-order valence-corrected chi connectivity index (χ0v) is 10.8. The number of carbonyl (C=O) groups is 1. The second-order valence-corrected chi connectivity index (χ2v) is 4.23. The van der Waals surface area contributed by atoms with Crippen LogP contribution in [0, 0.1) is 0 Å². The third-order valence-electron chi connectivity index (χ3n) is 2.70. The van der Waals surface area contributed by atoms with E-state index in [0.717, 1.165) is 11.4 Å². The van der Waals surface area contributed by atoms with Gasteiger partial charge in [-0.3, -0.25) is 4.79 Å². The summed E-state index contributed by atoms with van der Waals surface area (Å²) in [5.74, 6) is 1.16. The number of imidazole rings is 1. The molecule has 1 heterocycles. The van der Waals surface area contributed by atoms with Crippen LogP contribution < -0.4 is 5.32 Å². The molecule has 0 unspecified atom stereocenters. The van der Waals surface area contributed by atoms with E-state index >= 15 is 0 Å².